The third kappa shape index (κ3) is 3.86. The van der Waals surface area contributed by atoms with Gasteiger partial charge in [-0.3, -0.25) is 14.2 Å². The van der Waals surface area contributed by atoms with Crippen molar-refractivity contribution in [1.82, 2.24) is 14.5 Å². The molecule has 1 amide bonds. The summed E-state index contributed by atoms with van der Waals surface area (Å²) in [5, 5.41) is 0.533. The Bertz CT molecular complexity index is 1450. The molecule has 178 valence electrons. The molecule has 1 aliphatic heterocycles. The van der Waals surface area contributed by atoms with E-state index in [4.69, 9.17) is 19.2 Å². The van der Waals surface area contributed by atoms with Crippen LogP contribution in [0.15, 0.2) is 71.5 Å². The van der Waals surface area contributed by atoms with Crippen LogP contribution in [0, 0.1) is 6.92 Å². The van der Waals surface area contributed by atoms with Gasteiger partial charge in [0.2, 0.25) is 0 Å². The van der Waals surface area contributed by atoms with Crippen LogP contribution in [0.25, 0.3) is 16.6 Å². The molecule has 0 bridgehead atoms. The van der Waals surface area contributed by atoms with Crippen molar-refractivity contribution in [3.8, 4) is 22.9 Å². The summed E-state index contributed by atoms with van der Waals surface area (Å²) >= 11 is 0. The monoisotopic (exact) mass is 471 g/mol. The molecule has 0 N–H and O–H groups in total. The van der Waals surface area contributed by atoms with Crippen LogP contribution in [0.5, 0.6) is 17.2 Å². The predicted octanol–water partition coefficient (Wildman–Crippen LogP) is 4.02. The highest BCUT2D eigenvalue weighted by atomic mass is 16.7. The Morgan fingerprint density at radius 1 is 1.03 bits per heavy atom. The van der Waals surface area contributed by atoms with Gasteiger partial charge < -0.3 is 19.1 Å². The number of carbonyl (C=O) groups excluding carboxylic acids is 1. The number of ether oxygens (including phenoxy) is 3. The Hall–Kier alpha value is -4.33. The van der Waals surface area contributed by atoms with E-state index in [9.17, 15) is 9.59 Å². The van der Waals surface area contributed by atoms with Gasteiger partial charge in [0.15, 0.2) is 11.5 Å². The van der Waals surface area contributed by atoms with Crippen molar-refractivity contribution < 1.29 is 19.0 Å². The zero-order valence-electron chi connectivity index (χ0n) is 19.9. The normalized spacial score (nSPS) is 13.6. The van der Waals surface area contributed by atoms with E-state index in [-0.39, 0.29) is 11.5 Å². The number of fused-ring (bicyclic) bond motifs is 2. The van der Waals surface area contributed by atoms with Gasteiger partial charge in [-0.05, 0) is 61.9 Å². The number of para-hydroxylation sites is 2. The number of carbonyl (C=O) groups is 1. The number of aromatic nitrogens is 2. The van der Waals surface area contributed by atoms with Gasteiger partial charge in [-0.2, -0.15) is 0 Å². The number of nitrogens with zero attached hydrogens (tertiary/aromatic N) is 3. The first kappa shape index (κ1) is 22.5. The van der Waals surface area contributed by atoms with Gasteiger partial charge >= 0.3 is 12.2 Å². The average molecular weight is 472 g/mol. The molecule has 0 aliphatic carbocycles. The fourth-order valence-electron chi connectivity index (χ4n) is 4.20. The molecule has 4 aromatic rings. The number of hydrogen-bond acceptors (Lipinski definition) is 6. The number of rotatable bonds is 5. The first-order valence-electron chi connectivity index (χ1n) is 11.2. The molecule has 0 saturated heterocycles. The number of likely N-dealkylation sites (N-methyl/N-ethyl adjacent to an activating group) is 1. The second kappa shape index (κ2) is 8.79. The summed E-state index contributed by atoms with van der Waals surface area (Å²) in [6.07, 6.45) is -1.11. The number of aryl methyl sites for hydroxylation is 1. The maximum Gasteiger partial charge on any atom is 0.321 e. The molecular weight excluding hydrogens is 446 g/mol. The van der Waals surface area contributed by atoms with Crippen LogP contribution in [-0.2, 0) is 4.79 Å². The van der Waals surface area contributed by atoms with Crippen LogP contribution in [0.3, 0.4) is 0 Å². The number of hydrogen-bond donors (Lipinski definition) is 0. The second-order valence-corrected chi connectivity index (χ2v) is 8.42. The van der Waals surface area contributed by atoms with Crippen molar-refractivity contribution in [3.63, 3.8) is 0 Å². The van der Waals surface area contributed by atoms with Crippen molar-refractivity contribution in [1.29, 1.82) is 0 Å². The van der Waals surface area contributed by atoms with Gasteiger partial charge in [0.05, 0.1) is 29.7 Å². The maximum absolute atomic E-state index is 13.8. The Morgan fingerprint density at radius 3 is 2.31 bits per heavy atom. The molecule has 1 aromatic heterocycles. The summed E-state index contributed by atoms with van der Waals surface area (Å²) in [5.41, 5.74) is 1.82. The number of benzene rings is 3. The fraction of sp³-hybridized carbons (Fsp3) is 0.222. The molecule has 2 heterocycles. The summed E-state index contributed by atoms with van der Waals surface area (Å²) < 4.78 is 18.2. The van der Waals surface area contributed by atoms with Crippen molar-refractivity contribution in [2.24, 2.45) is 0 Å². The van der Waals surface area contributed by atoms with E-state index in [1.807, 2.05) is 38.1 Å². The van der Waals surface area contributed by atoms with E-state index in [0.29, 0.717) is 39.7 Å². The molecule has 0 fully saturated rings. The highest BCUT2D eigenvalue weighted by Gasteiger charge is 2.36. The lowest BCUT2D eigenvalue weighted by Gasteiger charge is -2.28. The molecule has 0 saturated carbocycles. The second-order valence-electron chi connectivity index (χ2n) is 8.42. The van der Waals surface area contributed by atoms with E-state index in [1.165, 1.54) is 4.90 Å². The minimum Gasteiger partial charge on any atom is -0.497 e. The van der Waals surface area contributed by atoms with Gasteiger partial charge in [0.25, 0.3) is 5.56 Å². The Labute approximate surface area is 202 Å². The number of amides is 1. The van der Waals surface area contributed by atoms with E-state index in [1.54, 1.807) is 61.2 Å². The minimum absolute atomic E-state index is 0.207. The van der Waals surface area contributed by atoms with Gasteiger partial charge in [-0.15, -0.1) is 0 Å². The van der Waals surface area contributed by atoms with Crippen LogP contribution in [-0.4, -0.2) is 40.8 Å². The van der Waals surface area contributed by atoms with Crippen LogP contribution in [0.1, 0.15) is 24.4 Å². The standard InChI is InChI=1S/C27H25N3O5/c1-16-8-7-9-20-23(16)25(31)30(18-12-14-19(33-4)15-13-18)24(28-20)17(2)29(3)26(32)27-34-21-10-5-6-11-22(21)35-27/h5-15,17,27H,1-4H3. The van der Waals surface area contributed by atoms with Gasteiger partial charge in [0, 0.05) is 7.05 Å². The lowest BCUT2D eigenvalue weighted by atomic mass is 10.1. The highest BCUT2D eigenvalue weighted by Crippen LogP contribution is 2.35. The molecule has 8 nitrogen and oxygen atoms in total. The lowest BCUT2D eigenvalue weighted by molar-refractivity contribution is -0.149. The van der Waals surface area contributed by atoms with Crippen LogP contribution in [0.4, 0.5) is 0 Å². The highest BCUT2D eigenvalue weighted by molar-refractivity contribution is 5.83. The molecule has 8 heteroatoms. The Balaban J connectivity index is 1.58. The Kier molecular flexibility index (Phi) is 5.64. The van der Waals surface area contributed by atoms with Crippen molar-refractivity contribution in [2.75, 3.05) is 14.2 Å². The average Bonchev–Trinajstić information content (AvgIpc) is 3.32. The largest absolute Gasteiger partial charge is 0.497 e. The van der Waals surface area contributed by atoms with E-state index in [0.717, 1.165) is 5.56 Å². The summed E-state index contributed by atoms with van der Waals surface area (Å²) in [5.74, 6) is 1.74. The van der Waals surface area contributed by atoms with E-state index < -0.39 is 12.3 Å². The summed E-state index contributed by atoms with van der Waals surface area (Å²) in [4.78, 5) is 33.4. The van der Waals surface area contributed by atoms with Crippen molar-refractivity contribution in [2.45, 2.75) is 26.2 Å². The third-order valence-corrected chi connectivity index (χ3v) is 6.28. The first-order chi connectivity index (χ1) is 16.9. The number of methoxy groups -OCH3 is 1. The molecule has 1 aliphatic rings. The van der Waals surface area contributed by atoms with E-state index in [2.05, 4.69) is 0 Å². The SMILES string of the molecule is COc1ccc(-n2c(C(C)N(C)C(=O)C3Oc4ccccc4O3)nc3cccc(C)c3c2=O)cc1. The van der Waals surface area contributed by atoms with Gasteiger partial charge in [-0.25, -0.2) is 4.98 Å². The minimum atomic E-state index is -1.11. The third-order valence-electron chi connectivity index (χ3n) is 6.28. The quantitative estimate of drug-likeness (QED) is 0.437. The smallest absolute Gasteiger partial charge is 0.321 e. The Morgan fingerprint density at radius 2 is 1.69 bits per heavy atom. The van der Waals surface area contributed by atoms with Gasteiger partial charge in [-0.1, -0.05) is 24.3 Å². The topological polar surface area (TPSA) is 82.9 Å². The maximum atomic E-state index is 13.8. The van der Waals surface area contributed by atoms with Crippen molar-refractivity contribution >= 4 is 16.8 Å². The van der Waals surface area contributed by atoms with E-state index >= 15 is 0 Å². The zero-order valence-corrected chi connectivity index (χ0v) is 19.9. The molecule has 1 atom stereocenters. The van der Waals surface area contributed by atoms with Crippen molar-refractivity contribution in [3.05, 3.63) is 88.5 Å². The summed E-state index contributed by atoms with van der Waals surface area (Å²) in [6.45, 7) is 3.71. The van der Waals surface area contributed by atoms with Crippen LogP contribution >= 0.6 is 0 Å². The molecule has 5 rings (SSSR count). The molecule has 0 radical (unpaired) electrons. The summed E-state index contributed by atoms with van der Waals surface area (Å²) in [6, 6.07) is 19.3. The predicted molar refractivity (Wildman–Crippen MR) is 131 cm³/mol. The molecular formula is C27H25N3O5. The fourth-order valence-corrected chi connectivity index (χ4v) is 4.20. The first-order valence-corrected chi connectivity index (χ1v) is 11.2. The summed E-state index contributed by atoms with van der Waals surface area (Å²) in [7, 11) is 3.23. The molecule has 0 spiro atoms. The molecule has 3 aromatic carbocycles. The molecule has 1 unspecified atom stereocenters. The van der Waals surface area contributed by atoms with Crippen LogP contribution in [0.2, 0.25) is 0 Å². The molecule has 35 heavy (non-hydrogen) atoms. The van der Waals surface area contributed by atoms with Crippen LogP contribution < -0.4 is 19.8 Å². The lowest BCUT2D eigenvalue weighted by Crippen LogP contribution is -2.43. The zero-order chi connectivity index (χ0) is 24.7. The van der Waals surface area contributed by atoms with Gasteiger partial charge in [0.1, 0.15) is 11.6 Å².